The van der Waals surface area contributed by atoms with Crippen LogP contribution in [0.4, 0.5) is 11.5 Å². The van der Waals surface area contributed by atoms with E-state index >= 15 is 0 Å². The normalized spacial score (nSPS) is 11.0. The first-order valence-electron chi connectivity index (χ1n) is 12.9. The minimum absolute atomic E-state index is 0.309. The van der Waals surface area contributed by atoms with Crippen molar-refractivity contribution in [2.75, 3.05) is 18.7 Å². The second-order valence-electron chi connectivity index (χ2n) is 9.69. The molecule has 214 valence electrons. The van der Waals surface area contributed by atoms with Crippen molar-refractivity contribution in [3.8, 4) is 5.75 Å². The van der Waals surface area contributed by atoms with E-state index in [0.717, 1.165) is 34.3 Å². The Morgan fingerprint density at radius 1 is 1.03 bits per heavy atom. The highest BCUT2D eigenvalue weighted by Gasteiger charge is 2.36. The number of aryl methyl sites for hydroxylation is 1. The number of fused-ring (bicyclic) bond motifs is 1. The number of carboxylic acids is 2. The molecule has 10 heteroatoms. The largest absolute Gasteiger partial charge is 0.488 e. The summed E-state index contributed by atoms with van der Waals surface area (Å²) in [7, 11) is 0. The molecule has 0 saturated carbocycles. The summed E-state index contributed by atoms with van der Waals surface area (Å²) in [6.07, 6.45) is 2.69. The Morgan fingerprint density at radius 3 is 2.18 bits per heavy atom. The summed E-state index contributed by atoms with van der Waals surface area (Å²) < 4.78 is 9.50. The van der Waals surface area contributed by atoms with Crippen LogP contribution in [-0.2, 0) is 16.0 Å². The second-order valence-corrected chi connectivity index (χ2v) is 9.69. The lowest BCUT2D eigenvalue weighted by atomic mass is 9.82. The molecule has 0 atom stereocenters. The van der Waals surface area contributed by atoms with Gasteiger partial charge in [0.15, 0.2) is 0 Å². The number of carboxylic acid groups (broad SMARTS) is 2. The molecule has 0 unspecified atom stereocenters. The summed E-state index contributed by atoms with van der Waals surface area (Å²) in [5.74, 6) is -0.435. The van der Waals surface area contributed by atoms with Gasteiger partial charge >= 0.3 is 11.9 Å². The molecule has 0 fully saturated rings. The van der Waals surface area contributed by atoms with Crippen LogP contribution in [0.3, 0.4) is 0 Å². The molecule has 5 N–H and O–H groups in total. The molecule has 3 rings (SSSR count). The van der Waals surface area contributed by atoms with Crippen LogP contribution in [0, 0.1) is 5.41 Å². The van der Waals surface area contributed by atoms with Crippen LogP contribution < -0.4 is 10.1 Å². The van der Waals surface area contributed by atoms with Crippen molar-refractivity contribution in [1.82, 2.24) is 9.97 Å². The summed E-state index contributed by atoms with van der Waals surface area (Å²) in [5.41, 5.74) is 1.23. The van der Waals surface area contributed by atoms with Crippen molar-refractivity contribution in [2.24, 2.45) is 5.41 Å². The Balaban J connectivity index is 0.000000735. The predicted octanol–water partition coefficient (Wildman–Crippen LogP) is 5.17. The van der Waals surface area contributed by atoms with E-state index in [4.69, 9.17) is 14.9 Å². The second kappa shape index (κ2) is 15.6. The lowest BCUT2D eigenvalue weighted by Crippen LogP contribution is -2.38. The highest BCUT2D eigenvalue weighted by Crippen LogP contribution is 2.36. The van der Waals surface area contributed by atoms with E-state index in [0.29, 0.717) is 12.2 Å². The molecule has 3 aromatic rings. The average molecular weight is 545 g/mol. The number of carbonyl (C=O) groups is 2. The Bertz CT molecular complexity index is 1200. The number of hydrogen-bond acceptors (Lipinski definition) is 7. The molecule has 2 aromatic carbocycles. The lowest BCUT2D eigenvalue weighted by molar-refractivity contribution is -0.170. The van der Waals surface area contributed by atoms with Gasteiger partial charge in [-0.05, 0) is 63.9 Å². The molecule has 1 heterocycles. The zero-order valence-corrected chi connectivity index (χ0v) is 23.9. The number of aliphatic hydroxyl groups is 3. The first kappa shape index (κ1) is 33.3. The van der Waals surface area contributed by atoms with Crippen molar-refractivity contribution < 1.29 is 34.4 Å². The molecular formula is C29H42N3O7+. The summed E-state index contributed by atoms with van der Waals surface area (Å²) in [6.45, 7) is 12.6. The Morgan fingerprint density at radius 2 is 1.67 bits per heavy atom. The van der Waals surface area contributed by atoms with Gasteiger partial charge in [-0.2, -0.15) is 0 Å². The molecule has 0 spiro atoms. The number of anilines is 2. The smallest absolute Gasteiger partial charge is 0.381 e. The van der Waals surface area contributed by atoms with E-state index in [9.17, 15) is 14.7 Å². The maximum absolute atomic E-state index is 11.6. The van der Waals surface area contributed by atoms with Crippen LogP contribution in [0.15, 0.2) is 48.8 Å². The van der Waals surface area contributed by atoms with Gasteiger partial charge in [0, 0.05) is 17.5 Å². The summed E-state index contributed by atoms with van der Waals surface area (Å²) in [6, 6.07) is 13.8. The van der Waals surface area contributed by atoms with Crippen molar-refractivity contribution >= 4 is 34.3 Å². The minimum atomic E-state index is -1.02. The molecule has 10 nitrogen and oxygen atoms in total. The number of hydrogen-bond donors (Lipinski definition) is 4. The third kappa shape index (κ3) is 10.9. The standard InChI is InChI=1S/C24H29N3O3.C3H6O4.C2H6/c1-6-16-12-19-18(21(26-15-25-19)27-17-10-8-7-9-11-17)13-20(16)30-24(4,5)14-23(2,3)22(28)29;4-2-7-1-3(5)6;1-2/h7-13,15H,6,14H2,1-5H3,(H,28,29)(H,25,26,27);4H,1-2H2,(H,5,6);1-2H3/p+1. The Labute approximate surface area is 230 Å². The fourth-order valence-electron chi connectivity index (χ4n) is 3.87. The Hall–Kier alpha value is -3.76. The van der Waals surface area contributed by atoms with Crippen molar-refractivity contribution in [1.29, 1.82) is 0 Å². The van der Waals surface area contributed by atoms with Crippen LogP contribution in [0.1, 0.15) is 60.5 Å². The van der Waals surface area contributed by atoms with Crippen LogP contribution in [0.25, 0.3) is 10.9 Å². The van der Waals surface area contributed by atoms with Crippen LogP contribution in [-0.4, -0.2) is 61.0 Å². The van der Waals surface area contributed by atoms with Gasteiger partial charge in [0.1, 0.15) is 23.5 Å². The zero-order valence-electron chi connectivity index (χ0n) is 23.9. The van der Waals surface area contributed by atoms with Crippen LogP contribution in [0.2, 0.25) is 0 Å². The zero-order chi connectivity index (χ0) is 29.6. The molecule has 0 aliphatic heterocycles. The van der Waals surface area contributed by atoms with E-state index in [2.05, 4.69) is 26.9 Å². The van der Waals surface area contributed by atoms with Crippen LogP contribution in [0.5, 0.6) is 5.75 Å². The van der Waals surface area contributed by atoms with E-state index in [-0.39, 0.29) is 6.61 Å². The molecular weight excluding hydrogens is 502 g/mol. The minimum Gasteiger partial charge on any atom is -0.488 e. The number of aromatic nitrogens is 2. The van der Waals surface area contributed by atoms with Gasteiger partial charge in [-0.15, -0.1) is 0 Å². The maximum atomic E-state index is 11.6. The summed E-state index contributed by atoms with van der Waals surface area (Å²) in [4.78, 5) is 30.0. The molecule has 0 saturated heterocycles. The summed E-state index contributed by atoms with van der Waals surface area (Å²) in [5, 5.41) is 29.4. The number of rotatable bonds is 11. The fourth-order valence-corrected chi connectivity index (χ4v) is 3.87. The molecule has 0 aliphatic carbocycles. The maximum Gasteiger partial charge on any atom is 0.381 e. The van der Waals surface area contributed by atoms with Gasteiger partial charge < -0.3 is 30.1 Å². The van der Waals surface area contributed by atoms with Crippen molar-refractivity contribution in [2.45, 2.75) is 66.9 Å². The molecule has 0 radical (unpaired) electrons. The van der Waals surface area contributed by atoms with Gasteiger partial charge in [0.25, 0.3) is 6.79 Å². The highest BCUT2D eigenvalue weighted by molar-refractivity contribution is 5.92. The average Bonchev–Trinajstić information content (AvgIpc) is 2.88. The van der Waals surface area contributed by atoms with E-state index in [1.54, 1.807) is 20.2 Å². The van der Waals surface area contributed by atoms with Gasteiger partial charge in [0.05, 0.1) is 10.9 Å². The third-order valence-electron chi connectivity index (χ3n) is 5.41. The monoisotopic (exact) mass is 544 g/mol. The number of ether oxygens (including phenoxy) is 2. The van der Waals surface area contributed by atoms with E-state index in [1.165, 1.54) is 0 Å². The number of nitrogens with zero attached hydrogens (tertiary/aromatic N) is 2. The van der Waals surface area contributed by atoms with Gasteiger partial charge in [0.2, 0.25) is 6.61 Å². The molecule has 1 aromatic heterocycles. The summed E-state index contributed by atoms with van der Waals surface area (Å²) >= 11 is 0. The van der Waals surface area contributed by atoms with Gasteiger partial charge in [-0.3, -0.25) is 4.79 Å². The van der Waals surface area contributed by atoms with Crippen molar-refractivity contribution in [3.05, 3.63) is 54.4 Å². The first-order chi connectivity index (χ1) is 18.4. The number of benzene rings is 2. The number of aliphatic hydroxyl groups excluding tert-OH is 1. The molecule has 0 aliphatic rings. The Kier molecular flexibility index (Phi) is 13.3. The van der Waals surface area contributed by atoms with E-state index in [1.807, 2.05) is 70.2 Å². The quantitative estimate of drug-likeness (QED) is 0.189. The van der Waals surface area contributed by atoms with Gasteiger partial charge in [-0.1, -0.05) is 39.0 Å². The molecule has 0 bridgehead atoms. The SMILES string of the molecule is CC.CCc1cc2ncnc(Nc3ccccc3)c2cc1OC(C)(C)CC(C)(C)C(=O)O.O=C(O)C[OH+]CO. The number of nitrogens with one attached hydrogen (secondary N) is 1. The highest BCUT2D eigenvalue weighted by atomic mass is 16.6. The van der Waals surface area contributed by atoms with Crippen molar-refractivity contribution in [3.63, 3.8) is 0 Å². The lowest BCUT2D eigenvalue weighted by Gasteiger charge is -2.33. The molecule has 0 amide bonds. The van der Waals surface area contributed by atoms with Crippen LogP contribution >= 0.6 is 0 Å². The fraction of sp³-hybridized carbons (Fsp3) is 0.448. The van der Waals surface area contributed by atoms with Gasteiger partial charge in [-0.25, -0.2) is 14.8 Å². The number of para-hydroxylation sites is 1. The number of aliphatic carboxylic acids is 2. The third-order valence-corrected chi connectivity index (χ3v) is 5.41. The van der Waals surface area contributed by atoms with E-state index < -0.39 is 29.7 Å². The first-order valence-corrected chi connectivity index (χ1v) is 12.9. The molecule has 39 heavy (non-hydrogen) atoms. The topological polar surface area (TPSA) is 155 Å². The predicted molar refractivity (Wildman–Crippen MR) is 153 cm³/mol.